The van der Waals surface area contributed by atoms with Gasteiger partial charge in [-0.3, -0.25) is 4.79 Å². The number of aromatic nitrogens is 1. The summed E-state index contributed by atoms with van der Waals surface area (Å²) in [6.07, 6.45) is 0.903. The molecule has 0 spiro atoms. The Hall–Kier alpha value is -2.59. The summed E-state index contributed by atoms with van der Waals surface area (Å²) in [5, 5.41) is 3.82. The number of hydrogen-bond donors (Lipinski definition) is 1. The number of benzene rings is 2. The molecule has 0 unspecified atom stereocenters. The summed E-state index contributed by atoms with van der Waals surface area (Å²) in [4.78, 5) is 17.2. The molecule has 5 heteroatoms. The van der Waals surface area contributed by atoms with E-state index in [0.717, 1.165) is 34.3 Å². The molecular weight excluding hydrogens is 336 g/mol. The highest BCUT2D eigenvalue weighted by atomic mass is 35.5. The summed E-state index contributed by atoms with van der Waals surface area (Å²) in [6, 6.07) is 17.3. The van der Waals surface area contributed by atoms with Crippen molar-refractivity contribution in [3.63, 3.8) is 0 Å². The average molecular weight is 357 g/mol. The lowest BCUT2D eigenvalue weighted by Crippen LogP contribution is -2.24. The molecule has 0 radical (unpaired) electrons. The molecule has 3 aromatic rings. The molecule has 2 aromatic carbocycles. The number of pyridine rings is 1. The normalized spacial score (nSPS) is 10.2. The second-order valence-electron chi connectivity index (χ2n) is 5.56. The number of nitrogens with one attached hydrogen (secondary N) is 1. The Balaban J connectivity index is 0.00000225. The number of ether oxygens (including phenoxy) is 1. The van der Waals surface area contributed by atoms with Crippen molar-refractivity contribution in [2.45, 2.75) is 13.3 Å². The Kier molecular flexibility index (Phi) is 6.37. The number of halogens is 1. The minimum atomic E-state index is -0.0646. The SMILES string of the molecule is CCCNC(=O)c1cc(-c2ccc(OC)cc2)nc2ccccc12.Cl. The first kappa shape index (κ1) is 18.7. The molecule has 1 aromatic heterocycles. The van der Waals surface area contributed by atoms with Crippen LogP contribution in [0.4, 0.5) is 0 Å². The van der Waals surface area contributed by atoms with Crippen molar-refractivity contribution < 1.29 is 9.53 Å². The van der Waals surface area contributed by atoms with E-state index in [0.29, 0.717) is 12.1 Å². The van der Waals surface area contributed by atoms with E-state index in [9.17, 15) is 4.79 Å². The van der Waals surface area contributed by atoms with Gasteiger partial charge in [-0.2, -0.15) is 0 Å². The molecule has 0 aliphatic rings. The largest absolute Gasteiger partial charge is 0.497 e. The molecule has 25 heavy (non-hydrogen) atoms. The topological polar surface area (TPSA) is 51.2 Å². The molecule has 0 fully saturated rings. The highest BCUT2D eigenvalue weighted by Gasteiger charge is 2.13. The summed E-state index contributed by atoms with van der Waals surface area (Å²) in [5.74, 6) is 0.727. The minimum absolute atomic E-state index is 0. The van der Waals surface area contributed by atoms with Crippen molar-refractivity contribution in [2.24, 2.45) is 0 Å². The lowest BCUT2D eigenvalue weighted by molar-refractivity contribution is 0.0955. The summed E-state index contributed by atoms with van der Waals surface area (Å²) < 4.78 is 5.20. The molecule has 1 N–H and O–H groups in total. The van der Waals surface area contributed by atoms with Gasteiger partial charge in [-0.15, -0.1) is 12.4 Å². The Morgan fingerprint density at radius 1 is 1.12 bits per heavy atom. The third-order valence-corrected chi connectivity index (χ3v) is 3.88. The van der Waals surface area contributed by atoms with Gasteiger partial charge in [0.2, 0.25) is 0 Å². The monoisotopic (exact) mass is 356 g/mol. The van der Waals surface area contributed by atoms with Crippen molar-refractivity contribution in [3.05, 3.63) is 60.2 Å². The Morgan fingerprint density at radius 2 is 1.84 bits per heavy atom. The number of methoxy groups -OCH3 is 1. The lowest BCUT2D eigenvalue weighted by atomic mass is 10.0. The number of nitrogens with zero attached hydrogens (tertiary/aromatic N) is 1. The molecule has 3 rings (SSSR count). The van der Waals surface area contributed by atoms with E-state index >= 15 is 0 Å². The van der Waals surface area contributed by atoms with Crippen molar-refractivity contribution >= 4 is 29.2 Å². The molecular formula is C20H21ClN2O2. The van der Waals surface area contributed by atoms with Gasteiger partial charge in [0, 0.05) is 17.5 Å². The number of para-hydroxylation sites is 1. The number of fused-ring (bicyclic) bond motifs is 1. The van der Waals surface area contributed by atoms with Crippen LogP contribution in [0.3, 0.4) is 0 Å². The number of rotatable bonds is 5. The molecule has 0 atom stereocenters. The van der Waals surface area contributed by atoms with Crippen molar-refractivity contribution in [3.8, 4) is 17.0 Å². The average Bonchev–Trinajstić information content (AvgIpc) is 2.65. The molecule has 1 amide bonds. The van der Waals surface area contributed by atoms with Crippen LogP contribution < -0.4 is 10.1 Å². The van der Waals surface area contributed by atoms with E-state index in [-0.39, 0.29) is 18.3 Å². The summed E-state index contributed by atoms with van der Waals surface area (Å²) in [7, 11) is 1.64. The maximum absolute atomic E-state index is 12.5. The third kappa shape index (κ3) is 4.09. The van der Waals surface area contributed by atoms with Crippen LogP contribution in [0, 0.1) is 0 Å². The van der Waals surface area contributed by atoms with Crippen LogP contribution in [-0.2, 0) is 0 Å². The van der Waals surface area contributed by atoms with Crippen LogP contribution in [0.25, 0.3) is 22.2 Å². The Labute approximate surface area is 153 Å². The van der Waals surface area contributed by atoms with Gasteiger partial charge in [0.1, 0.15) is 5.75 Å². The van der Waals surface area contributed by atoms with Gasteiger partial charge in [-0.1, -0.05) is 25.1 Å². The third-order valence-electron chi connectivity index (χ3n) is 3.88. The van der Waals surface area contributed by atoms with Gasteiger partial charge in [-0.25, -0.2) is 4.98 Å². The first-order chi connectivity index (χ1) is 11.7. The van der Waals surface area contributed by atoms with E-state index in [1.807, 2.05) is 61.5 Å². The predicted octanol–water partition coefficient (Wildman–Crippen LogP) is 4.47. The summed E-state index contributed by atoms with van der Waals surface area (Å²) >= 11 is 0. The molecule has 0 bridgehead atoms. The van der Waals surface area contributed by atoms with Crippen LogP contribution in [0.5, 0.6) is 5.75 Å². The van der Waals surface area contributed by atoms with E-state index in [2.05, 4.69) is 5.32 Å². The predicted molar refractivity (Wildman–Crippen MR) is 104 cm³/mol. The maximum Gasteiger partial charge on any atom is 0.252 e. The second-order valence-corrected chi connectivity index (χ2v) is 5.56. The lowest BCUT2D eigenvalue weighted by Gasteiger charge is -2.10. The molecule has 0 saturated heterocycles. The zero-order valence-electron chi connectivity index (χ0n) is 14.3. The van der Waals surface area contributed by atoms with E-state index < -0.39 is 0 Å². The van der Waals surface area contributed by atoms with E-state index in [1.54, 1.807) is 7.11 Å². The van der Waals surface area contributed by atoms with Crippen LogP contribution in [0.15, 0.2) is 54.6 Å². The van der Waals surface area contributed by atoms with Crippen molar-refractivity contribution in [1.82, 2.24) is 10.3 Å². The van der Waals surface area contributed by atoms with Gasteiger partial charge in [0.15, 0.2) is 0 Å². The van der Waals surface area contributed by atoms with Gasteiger partial charge in [-0.05, 0) is 42.8 Å². The van der Waals surface area contributed by atoms with Gasteiger partial charge in [0.25, 0.3) is 5.91 Å². The molecule has 130 valence electrons. The first-order valence-electron chi connectivity index (χ1n) is 8.05. The molecule has 4 nitrogen and oxygen atoms in total. The Bertz CT molecular complexity index is 863. The first-order valence-corrected chi connectivity index (χ1v) is 8.05. The summed E-state index contributed by atoms with van der Waals surface area (Å²) in [6.45, 7) is 2.70. The van der Waals surface area contributed by atoms with E-state index in [4.69, 9.17) is 9.72 Å². The number of hydrogen-bond acceptors (Lipinski definition) is 3. The maximum atomic E-state index is 12.5. The Morgan fingerprint density at radius 3 is 2.52 bits per heavy atom. The molecule has 0 aliphatic carbocycles. The smallest absolute Gasteiger partial charge is 0.252 e. The highest BCUT2D eigenvalue weighted by Crippen LogP contribution is 2.26. The number of amides is 1. The summed E-state index contributed by atoms with van der Waals surface area (Å²) in [5.41, 5.74) is 3.19. The zero-order chi connectivity index (χ0) is 16.9. The van der Waals surface area contributed by atoms with Gasteiger partial charge < -0.3 is 10.1 Å². The second kappa shape index (κ2) is 8.49. The van der Waals surface area contributed by atoms with Gasteiger partial charge >= 0.3 is 0 Å². The quantitative estimate of drug-likeness (QED) is 0.733. The fourth-order valence-corrected chi connectivity index (χ4v) is 2.61. The van der Waals surface area contributed by atoms with Crippen LogP contribution in [0.2, 0.25) is 0 Å². The van der Waals surface area contributed by atoms with Crippen molar-refractivity contribution in [2.75, 3.05) is 13.7 Å². The molecule has 0 aliphatic heterocycles. The fraction of sp³-hybridized carbons (Fsp3) is 0.200. The van der Waals surface area contributed by atoms with Crippen LogP contribution in [0.1, 0.15) is 23.7 Å². The number of carbonyl (C=O) groups excluding carboxylic acids is 1. The van der Waals surface area contributed by atoms with Crippen LogP contribution >= 0.6 is 12.4 Å². The van der Waals surface area contributed by atoms with Crippen molar-refractivity contribution in [1.29, 1.82) is 0 Å². The highest BCUT2D eigenvalue weighted by molar-refractivity contribution is 6.07. The van der Waals surface area contributed by atoms with Crippen LogP contribution in [-0.4, -0.2) is 24.5 Å². The minimum Gasteiger partial charge on any atom is -0.497 e. The zero-order valence-corrected chi connectivity index (χ0v) is 15.1. The molecule has 1 heterocycles. The van der Waals surface area contributed by atoms with E-state index in [1.165, 1.54) is 0 Å². The standard InChI is InChI=1S/C20H20N2O2.ClH/c1-3-12-21-20(23)17-13-19(14-8-10-15(24-2)11-9-14)22-18-7-5-4-6-16(17)18;/h4-11,13H,3,12H2,1-2H3,(H,21,23);1H. The molecule has 0 saturated carbocycles. The number of carbonyl (C=O) groups is 1. The fourth-order valence-electron chi connectivity index (χ4n) is 2.61. The van der Waals surface area contributed by atoms with Gasteiger partial charge in [0.05, 0.1) is 23.9 Å².